The Labute approximate surface area is 43.7 Å². The summed E-state index contributed by atoms with van der Waals surface area (Å²) >= 11 is 0. The molecule has 0 saturated heterocycles. The molecule has 0 fully saturated rings. The van der Waals surface area contributed by atoms with Crippen molar-refractivity contribution in [2.24, 2.45) is 0 Å². The Bertz CT molecular complexity index is 35.9. The van der Waals surface area contributed by atoms with Gasteiger partial charge in [0.25, 0.3) is 0 Å². The van der Waals surface area contributed by atoms with Crippen molar-refractivity contribution in [1.82, 2.24) is 0 Å². The minimum Gasteiger partial charge on any atom is -0.326 e. The Morgan fingerprint density at radius 3 is 1.60 bits per heavy atom. The van der Waals surface area contributed by atoms with E-state index in [-0.39, 0.29) is 20.2 Å². The van der Waals surface area contributed by atoms with Gasteiger partial charge >= 0.3 is 28.5 Å². The summed E-state index contributed by atoms with van der Waals surface area (Å²) in [4.78, 5) is 14.3. The van der Waals surface area contributed by atoms with Crippen LogP contribution in [0.15, 0.2) is 0 Å². The molecule has 2 N–H and O–H groups in total. The van der Waals surface area contributed by atoms with Gasteiger partial charge in [-0.3, -0.25) is 4.57 Å². The third-order valence-electron chi connectivity index (χ3n) is 0. The van der Waals surface area contributed by atoms with Crippen molar-refractivity contribution in [2.45, 2.75) is 0 Å². The van der Waals surface area contributed by atoms with Gasteiger partial charge in [-0.25, -0.2) is 0 Å². The maximum atomic E-state index is 8.74. The third-order valence-corrected chi connectivity index (χ3v) is 0. The van der Waals surface area contributed by atoms with Crippen LogP contribution in [0.1, 0.15) is 2.85 Å². The maximum absolute atomic E-state index is 8.74. The molecule has 26 valence electrons. The Balaban J connectivity index is -0.0000000150. The summed E-state index contributed by atoms with van der Waals surface area (Å²) in [7, 11) is -3.13. The van der Waals surface area contributed by atoms with Crippen molar-refractivity contribution in [3.05, 3.63) is 0 Å². The normalized spacial score (nSPS) is 7.00. The van der Waals surface area contributed by atoms with E-state index >= 15 is 0 Å². The van der Waals surface area contributed by atoms with E-state index in [9.17, 15) is 0 Å². The fourth-order valence-electron chi connectivity index (χ4n) is 0. The molecule has 0 spiro atoms. The van der Waals surface area contributed by atoms with E-state index in [1.807, 2.05) is 0 Å². The van der Waals surface area contributed by atoms with Crippen LogP contribution < -0.4 is 0 Å². The van der Waals surface area contributed by atoms with Gasteiger partial charge in [-0.2, -0.15) is 0 Å². The second-order valence-corrected chi connectivity index (χ2v) is 0.848. The van der Waals surface area contributed by atoms with Crippen molar-refractivity contribution in [3.8, 4) is 0 Å². The van der Waals surface area contributed by atoms with Crippen LogP contribution in [0, 0.1) is 0 Å². The van der Waals surface area contributed by atoms with Crippen molar-refractivity contribution in [2.75, 3.05) is 0 Å². The van der Waals surface area contributed by atoms with Gasteiger partial charge in [-0.1, -0.05) is 0 Å². The third kappa shape index (κ3) is 72.3. The average Bonchev–Trinajstić information content (AvgIpc) is 0.811. The van der Waals surface area contributed by atoms with Gasteiger partial charge in [-0.15, -0.1) is 0 Å². The molecule has 0 atom stereocenters. The summed E-state index contributed by atoms with van der Waals surface area (Å²) in [5.74, 6) is 0. The zero-order chi connectivity index (χ0) is 3.58. The second kappa shape index (κ2) is 4.68. The van der Waals surface area contributed by atoms with Crippen LogP contribution in [0.4, 0.5) is 0 Å². The first kappa shape index (κ1) is 9.19. The summed E-state index contributed by atoms with van der Waals surface area (Å²) in [5, 5.41) is 0. The topological polar surface area (TPSA) is 57.5 Å². The van der Waals surface area contributed by atoms with Gasteiger partial charge in [0.05, 0.1) is 0 Å². The molecule has 0 aliphatic carbocycles. The summed E-state index contributed by atoms with van der Waals surface area (Å²) in [6, 6.07) is 0. The van der Waals surface area contributed by atoms with Crippen LogP contribution in [0.3, 0.4) is 0 Å². The summed E-state index contributed by atoms with van der Waals surface area (Å²) in [6.45, 7) is 0. The first-order valence-electron chi connectivity index (χ1n) is 0.651. The zero-order valence-corrected chi connectivity index (χ0v) is 4.53. The predicted octanol–water partition coefficient (Wildman–Crippen LogP) is -0.795. The molecule has 0 rings (SSSR count). The molecule has 0 aliphatic rings. The van der Waals surface area contributed by atoms with Gasteiger partial charge in [-0.05, 0) is 0 Å². The van der Waals surface area contributed by atoms with E-state index in [0.29, 0.717) is 0 Å². The minimum atomic E-state index is -3.13. The molecule has 5 heteroatoms. The molecule has 0 aromatic rings. The summed E-state index contributed by atoms with van der Waals surface area (Å²) in [6.07, 6.45) is 0. The molecule has 0 unspecified atom stereocenters. The fourth-order valence-corrected chi connectivity index (χ4v) is 0. The van der Waals surface area contributed by atoms with Gasteiger partial charge in [0.1, 0.15) is 0 Å². The van der Waals surface area contributed by atoms with Crippen LogP contribution in [0.25, 0.3) is 0 Å². The quantitative estimate of drug-likeness (QED) is 0.318. The second-order valence-electron chi connectivity index (χ2n) is 0.283. The van der Waals surface area contributed by atoms with Crippen LogP contribution in [-0.2, 0) is 4.57 Å². The van der Waals surface area contributed by atoms with Crippen LogP contribution in [0.5, 0.6) is 0 Å². The van der Waals surface area contributed by atoms with Gasteiger partial charge in [0.2, 0.25) is 0 Å². The Morgan fingerprint density at radius 2 is 1.60 bits per heavy atom. The number of rotatable bonds is 0. The average molecular weight is 111 g/mol. The first-order chi connectivity index (χ1) is 1.73. The van der Waals surface area contributed by atoms with E-state index in [0.717, 1.165) is 0 Å². The monoisotopic (exact) mass is 111 g/mol. The van der Waals surface area contributed by atoms with Gasteiger partial charge in [0.15, 0.2) is 0 Å². The molecule has 0 aromatic carbocycles. The van der Waals surface area contributed by atoms with Crippen LogP contribution in [0.2, 0.25) is 0 Å². The van der Waals surface area contributed by atoms with Crippen molar-refractivity contribution >= 4 is 25.6 Å². The van der Waals surface area contributed by atoms with Crippen LogP contribution >= 0.6 is 8.25 Å². The molecular formula is H5AlO3P+5. The van der Waals surface area contributed by atoms with E-state index in [1.165, 1.54) is 0 Å². The van der Waals surface area contributed by atoms with E-state index in [1.54, 1.807) is 0 Å². The number of hydrogen-bond acceptors (Lipinski definition) is 1. The summed E-state index contributed by atoms with van der Waals surface area (Å²) < 4.78 is 8.74. The minimum absolute atomic E-state index is 0. The van der Waals surface area contributed by atoms with Crippen molar-refractivity contribution < 1.29 is 17.2 Å². The molecule has 0 saturated carbocycles. The first-order valence-corrected chi connectivity index (χ1v) is 1.95. The zero-order valence-electron chi connectivity index (χ0n) is 4.38. The van der Waals surface area contributed by atoms with E-state index < -0.39 is 8.25 Å². The largest absolute Gasteiger partial charge is 3.00 e. The Kier molecular flexibility index (Phi) is 8.60. The molecule has 0 aromatic heterocycles. The standard InChI is InChI=1S/Al.H3O3P/c;1-4(2)3/h;4H,(H2,1,2,3)/q+3;/p+2. The fraction of sp³-hybridized carbons (Fsp3) is 0. The van der Waals surface area contributed by atoms with Crippen molar-refractivity contribution in [3.63, 3.8) is 0 Å². The Morgan fingerprint density at radius 1 is 1.60 bits per heavy atom. The predicted molar refractivity (Wildman–Crippen MR) is 21.4 cm³/mol. The molecule has 0 radical (unpaired) electrons. The van der Waals surface area contributed by atoms with Crippen LogP contribution in [-0.4, -0.2) is 27.1 Å². The SMILES string of the molecule is O=[PH](O)O.[Al+3].[H+].[H+]. The molecule has 5 heavy (non-hydrogen) atoms. The molecule has 0 amide bonds. The molecule has 0 bridgehead atoms. The molecule has 3 nitrogen and oxygen atoms in total. The molecule has 0 heterocycles. The van der Waals surface area contributed by atoms with Gasteiger partial charge < -0.3 is 9.79 Å². The summed E-state index contributed by atoms with van der Waals surface area (Å²) in [5.41, 5.74) is 0. The molecular weight excluding hydrogens is 106 g/mol. The number of hydrogen-bond donors (Lipinski definition) is 2. The van der Waals surface area contributed by atoms with E-state index in [2.05, 4.69) is 0 Å². The maximum Gasteiger partial charge on any atom is 3.00 e. The van der Waals surface area contributed by atoms with E-state index in [4.69, 9.17) is 14.4 Å². The Hall–Kier alpha value is 0.682. The molecule has 0 aliphatic heterocycles. The smallest absolute Gasteiger partial charge is 0.326 e. The van der Waals surface area contributed by atoms with Gasteiger partial charge in [0, 0.05) is 0 Å². The van der Waals surface area contributed by atoms with Crippen molar-refractivity contribution in [1.29, 1.82) is 0 Å².